The van der Waals surface area contributed by atoms with E-state index in [0.717, 1.165) is 11.5 Å². The number of rotatable bonds is 7. The van der Waals surface area contributed by atoms with Gasteiger partial charge in [0.1, 0.15) is 0 Å². The SMILES string of the molecule is CN=C(NCCc1ccc(OC)c(OC(F)F)c1)NC1CCCC1.I. The van der Waals surface area contributed by atoms with Crippen LogP contribution >= 0.6 is 24.0 Å². The molecule has 0 aromatic heterocycles. The quantitative estimate of drug-likeness (QED) is 0.365. The van der Waals surface area contributed by atoms with E-state index in [9.17, 15) is 8.78 Å². The fourth-order valence-corrected chi connectivity index (χ4v) is 2.85. The first kappa shape index (κ1) is 21.7. The van der Waals surface area contributed by atoms with Crippen LogP contribution in [0.2, 0.25) is 0 Å². The zero-order valence-electron chi connectivity index (χ0n) is 14.6. The Morgan fingerprint density at radius 3 is 2.60 bits per heavy atom. The maximum atomic E-state index is 12.5. The molecule has 0 saturated heterocycles. The first-order valence-electron chi connectivity index (χ1n) is 8.21. The number of hydrogen-bond acceptors (Lipinski definition) is 3. The second kappa shape index (κ2) is 11.3. The van der Waals surface area contributed by atoms with Crippen LogP contribution in [0.4, 0.5) is 8.78 Å². The number of halogens is 3. The highest BCUT2D eigenvalue weighted by Crippen LogP contribution is 2.29. The lowest BCUT2D eigenvalue weighted by Crippen LogP contribution is -2.42. The van der Waals surface area contributed by atoms with Crippen LogP contribution in [0.1, 0.15) is 31.2 Å². The topological polar surface area (TPSA) is 54.9 Å². The monoisotopic (exact) mass is 469 g/mol. The van der Waals surface area contributed by atoms with Gasteiger partial charge in [-0.15, -0.1) is 24.0 Å². The molecule has 0 bridgehead atoms. The fourth-order valence-electron chi connectivity index (χ4n) is 2.85. The second-order valence-electron chi connectivity index (χ2n) is 5.74. The van der Waals surface area contributed by atoms with Crippen LogP contribution in [0.25, 0.3) is 0 Å². The largest absolute Gasteiger partial charge is 0.493 e. The highest BCUT2D eigenvalue weighted by Gasteiger charge is 2.16. The van der Waals surface area contributed by atoms with Gasteiger partial charge in [-0.3, -0.25) is 4.99 Å². The van der Waals surface area contributed by atoms with Crippen molar-refractivity contribution in [2.45, 2.75) is 44.8 Å². The number of guanidine groups is 1. The maximum absolute atomic E-state index is 12.5. The van der Waals surface area contributed by atoms with Gasteiger partial charge in [-0.1, -0.05) is 18.9 Å². The Labute approximate surface area is 164 Å². The van der Waals surface area contributed by atoms with Crippen molar-refractivity contribution in [1.29, 1.82) is 0 Å². The van der Waals surface area contributed by atoms with Gasteiger partial charge in [0.2, 0.25) is 0 Å². The zero-order chi connectivity index (χ0) is 17.4. The molecule has 5 nitrogen and oxygen atoms in total. The van der Waals surface area contributed by atoms with Crippen molar-refractivity contribution >= 4 is 29.9 Å². The number of hydrogen-bond donors (Lipinski definition) is 2. The van der Waals surface area contributed by atoms with E-state index in [4.69, 9.17) is 4.74 Å². The van der Waals surface area contributed by atoms with E-state index >= 15 is 0 Å². The minimum Gasteiger partial charge on any atom is -0.493 e. The highest BCUT2D eigenvalue weighted by atomic mass is 127. The Balaban J connectivity index is 0.00000312. The van der Waals surface area contributed by atoms with Crippen LogP contribution in [0.5, 0.6) is 11.5 Å². The van der Waals surface area contributed by atoms with Crippen LogP contribution in [0, 0.1) is 0 Å². The molecule has 8 heteroatoms. The van der Waals surface area contributed by atoms with Crippen LogP contribution < -0.4 is 20.1 Å². The minimum atomic E-state index is -2.87. The van der Waals surface area contributed by atoms with Crippen molar-refractivity contribution in [3.63, 3.8) is 0 Å². The van der Waals surface area contributed by atoms with Crippen molar-refractivity contribution in [1.82, 2.24) is 10.6 Å². The Bertz CT molecular complexity index is 553. The summed E-state index contributed by atoms with van der Waals surface area (Å²) in [5.74, 6) is 1.13. The van der Waals surface area contributed by atoms with Crippen molar-refractivity contribution in [3.05, 3.63) is 23.8 Å². The summed E-state index contributed by atoms with van der Waals surface area (Å²) in [5, 5.41) is 6.65. The van der Waals surface area contributed by atoms with E-state index in [0.29, 0.717) is 24.8 Å². The summed E-state index contributed by atoms with van der Waals surface area (Å²) < 4.78 is 34.4. The summed E-state index contributed by atoms with van der Waals surface area (Å²) in [6.07, 6.45) is 5.52. The average Bonchev–Trinajstić information content (AvgIpc) is 3.06. The van der Waals surface area contributed by atoms with Crippen molar-refractivity contribution in [2.24, 2.45) is 4.99 Å². The average molecular weight is 469 g/mol. The second-order valence-corrected chi connectivity index (χ2v) is 5.74. The van der Waals surface area contributed by atoms with E-state index in [1.54, 1.807) is 19.2 Å². The lowest BCUT2D eigenvalue weighted by Gasteiger charge is -2.17. The molecule has 1 aliphatic carbocycles. The maximum Gasteiger partial charge on any atom is 0.387 e. The van der Waals surface area contributed by atoms with Gasteiger partial charge in [0.25, 0.3) is 0 Å². The molecule has 0 aliphatic heterocycles. The summed E-state index contributed by atoms with van der Waals surface area (Å²) in [4.78, 5) is 4.22. The zero-order valence-corrected chi connectivity index (χ0v) is 16.9. The van der Waals surface area contributed by atoms with Crippen LogP contribution in [-0.2, 0) is 6.42 Å². The number of benzene rings is 1. The van der Waals surface area contributed by atoms with Crippen molar-refractivity contribution in [3.8, 4) is 11.5 Å². The summed E-state index contributed by atoms with van der Waals surface area (Å²) in [7, 11) is 3.17. The number of nitrogens with zero attached hydrogens (tertiary/aromatic N) is 1. The van der Waals surface area contributed by atoms with Gasteiger partial charge in [0.15, 0.2) is 17.5 Å². The van der Waals surface area contributed by atoms with E-state index in [1.165, 1.54) is 32.8 Å². The molecule has 0 amide bonds. The highest BCUT2D eigenvalue weighted by molar-refractivity contribution is 14.0. The Morgan fingerprint density at radius 1 is 1.28 bits per heavy atom. The molecule has 1 aliphatic rings. The summed E-state index contributed by atoms with van der Waals surface area (Å²) in [6, 6.07) is 5.55. The van der Waals surface area contributed by atoms with Gasteiger partial charge in [-0.05, 0) is 37.0 Å². The predicted molar refractivity (Wildman–Crippen MR) is 105 cm³/mol. The van der Waals surface area contributed by atoms with Crippen molar-refractivity contribution in [2.75, 3.05) is 20.7 Å². The molecule has 0 unspecified atom stereocenters. The summed E-state index contributed by atoms with van der Waals surface area (Å²) in [6.45, 7) is -2.23. The number of aliphatic imine (C=N–C) groups is 1. The van der Waals surface area contributed by atoms with E-state index in [2.05, 4.69) is 20.4 Å². The molecule has 0 spiro atoms. The molecule has 2 rings (SSSR count). The van der Waals surface area contributed by atoms with E-state index < -0.39 is 6.61 Å². The first-order valence-corrected chi connectivity index (χ1v) is 8.21. The Morgan fingerprint density at radius 2 is 2.00 bits per heavy atom. The fraction of sp³-hybridized carbons (Fsp3) is 0.588. The first-order chi connectivity index (χ1) is 11.6. The Kier molecular flexibility index (Phi) is 9.84. The molecule has 1 aromatic rings. The lowest BCUT2D eigenvalue weighted by atomic mass is 10.1. The third-order valence-corrected chi connectivity index (χ3v) is 4.07. The number of nitrogens with one attached hydrogen (secondary N) is 2. The molecule has 0 heterocycles. The van der Waals surface area contributed by atoms with Gasteiger partial charge in [0.05, 0.1) is 7.11 Å². The lowest BCUT2D eigenvalue weighted by molar-refractivity contribution is -0.0512. The van der Waals surface area contributed by atoms with E-state index in [1.807, 2.05) is 6.07 Å². The minimum absolute atomic E-state index is 0. The smallest absolute Gasteiger partial charge is 0.387 e. The van der Waals surface area contributed by atoms with E-state index in [-0.39, 0.29) is 29.7 Å². The molecule has 0 atom stereocenters. The molecule has 142 valence electrons. The Hall–Kier alpha value is -1.32. The molecular formula is C17H26F2IN3O2. The molecule has 2 N–H and O–H groups in total. The summed E-state index contributed by atoms with van der Waals surface area (Å²) in [5.41, 5.74) is 0.885. The normalized spacial score (nSPS) is 15.0. The van der Waals surface area contributed by atoms with Gasteiger partial charge in [-0.2, -0.15) is 8.78 Å². The molecule has 25 heavy (non-hydrogen) atoms. The van der Waals surface area contributed by atoms with Crippen LogP contribution in [-0.4, -0.2) is 39.3 Å². The third-order valence-electron chi connectivity index (χ3n) is 4.07. The van der Waals surface area contributed by atoms with Crippen LogP contribution in [0.15, 0.2) is 23.2 Å². The van der Waals surface area contributed by atoms with Gasteiger partial charge in [-0.25, -0.2) is 0 Å². The van der Waals surface area contributed by atoms with Gasteiger partial charge in [0, 0.05) is 19.6 Å². The molecular weight excluding hydrogens is 443 g/mol. The standard InChI is InChI=1S/C17H25F2N3O2.HI/c1-20-17(22-13-5-3-4-6-13)21-10-9-12-7-8-14(23-2)15(11-12)24-16(18)19;/h7-8,11,13,16H,3-6,9-10H2,1-2H3,(H2,20,21,22);1H. The molecule has 1 saturated carbocycles. The molecule has 0 radical (unpaired) electrons. The van der Waals surface area contributed by atoms with Crippen molar-refractivity contribution < 1.29 is 18.3 Å². The third kappa shape index (κ3) is 7.21. The number of ether oxygens (including phenoxy) is 2. The number of methoxy groups -OCH3 is 1. The van der Waals surface area contributed by atoms with Crippen LogP contribution in [0.3, 0.4) is 0 Å². The van der Waals surface area contributed by atoms with Gasteiger partial charge >= 0.3 is 6.61 Å². The summed E-state index contributed by atoms with van der Waals surface area (Å²) >= 11 is 0. The predicted octanol–water partition coefficient (Wildman–Crippen LogP) is 3.56. The molecule has 1 aromatic carbocycles. The van der Waals surface area contributed by atoms with Gasteiger partial charge < -0.3 is 20.1 Å². The molecule has 1 fully saturated rings. The number of alkyl halides is 2.